The van der Waals surface area contributed by atoms with Crippen molar-refractivity contribution in [1.29, 1.82) is 0 Å². The average Bonchev–Trinajstić information content (AvgIpc) is 3.04. The molecule has 1 heterocycles. The predicted octanol–water partition coefficient (Wildman–Crippen LogP) is 0.652. The van der Waals surface area contributed by atoms with Gasteiger partial charge in [0.25, 0.3) is 0 Å². The Labute approximate surface area is 112 Å². The van der Waals surface area contributed by atoms with E-state index in [-0.39, 0.29) is 24.4 Å². The van der Waals surface area contributed by atoms with Crippen LogP contribution in [0, 0.1) is 11.8 Å². The third kappa shape index (κ3) is 3.83. The summed E-state index contributed by atoms with van der Waals surface area (Å²) in [7, 11) is 0. The molecule has 3 N–H and O–H groups in total. The van der Waals surface area contributed by atoms with Crippen LogP contribution >= 0.6 is 0 Å². The van der Waals surface area contributed by atoms with Crippen LogP contribution in [0.2, 0.25) is 0 Å². The zero-order chi connectivity index (χ0) is 14.0. The van der Waals surface area contributed by atoms with Crippen LogP contribution in [0.4, 0.5) is 4.79 Å². The van der Waals surface area contributed by atoms with Gasteiger partial charge in [0.1, 0.15) is 0 Å². The number of hydrogen-bond donors (Lipinski definition) is 3. The fourth-order valence-corrected chi connectivity index (χ4v) is 2.64. The zero-order valence-corrected chi connectivity index (χ0v) is 11.2. The van der Waals surface area contributed by atoms with Gasteiger partial charge in [-0.15, -0.1) is 0 Å². The summed E-state index contributed by atoms with van der Waals surface area (Å²) in [6, 6.07) is -0.447. The third-order valence-corrected chi connectivity index (χ3v) is 4.09. The summed E-state index contributed by atoms with van der Waals surface area (Å²) in [4.78, 5) is 24.5. The summed E-state index contributed by atoms with van der Waals surface area (Å²) < 4.78 is 0. The third-order valence-electron chi connectivity index (χ3n) is 4.09. The van der Waals surface area contributed by atoms with Crippen LogP contribution in [0.3, 0.4) is 0 Å². The van der Waals surface area contributed by atoms with Crippen molar-refractivity contribution in [1.82, 2.24) is 10.2 Å². The highest BCUT2D eigenvalue weighted by molar-refractivity contribution is 5.76. The number of aliphatic carboxylic acids is 1. The highest BCUT2D eigenvalue weighted by Crippen LogP contribution is 2.34. The van der Waals surface area contributed by atoms with Crippen LogP contribution in [0.25, 0.3) is 0 Å². The molecule has 1 aliphatic heterocycles. The van der Waals surface area contributed by atoms with Crippen LogP contribution in [0.1, 0.15) is 32.6 Å². The summed E-state index contributed by atoms with van der Waals surface area (Å²) in [5.41, 5.74) is 0. The van der Waals surface area contributed by atoms with E-state index in [2.05, 4.69) is 5.32 Å². The highest BCUT2D eigenvalue weighted by atomic mass is 16.4. The first kappa shape index (κ1) is 14.1. The second-order valence-corrected chi connectivity index (χ2v) is 5.73. The molecule has 0 radical (unpaired) electrons. The van der Waals surface area contributed by atoms with Crippen molar-refractivity contribution in [2.45, 2.75) is 44.8 Å². The van der Waals surface area contributed by atoms with Gasteiger partial charge in [-0.2, -0.15) is 0 Å². The minimum absolute atomic E-state index is 0.00984. The van der Waals surface area contributed by atoms with E-state index in [0.717, 1.165) is 19.3 Å². The van der Waals surface area contributed by atoms with Gasteiger partial charge in [-0.05, 0) is 32.1 Å². The summed E-state index contributed by atoms with van der Waals surface area (Å²) in [5.74, 6) is -0.430. The Morgan fingerprint density at radius 1 is 1.32 bits per heavy atom. The first-order valence-corrected chi connectivity index (χ1v) is 6.92. The van der Waals surface area contributed by atoms with Gasteiger partial charge < -0.3 is 20.4 Å². The zero-order valence-electron chi connectivity index (χ0n) is 11.2. The van der Waals surface area contributed by atoms with E-state index in [1.807, 2.05) is 0 Å². The Bertz CT molecular complexity index is 355. The van der Waals surface area contributed by atoms with E-state index < -0.39 is 12.1 Å². The number of carbonyl (C=O) groups is 2. The number of aliphatic hydroxyl groups is 1. The number of nitrogens with zero attached hydrogens (tertiary/aromatic N) is 1. The molecule has 0 spiro atoms. The molecule has 108 valence electrons. The van der Waals surface area contributed by atoms with Crippen LogP contribution in [-0.4, -0.2) is 52.3 Å². The van der Waals surface area contributed by atoms with E-state index in [4.69, 9.17) is 5.11 Å². The van der Waals surface area contributed by atoms with Crippen molar-refractivity contribution in [3.63, 3.8) is 0 Å². The number of likely N-dealkylation sites (tertiary alicyclic amines) is 1. The number of amides is 2. The van der Waals surface area contributed by atoms with Gasteiger partial charge in [0, 0.05) is 25.0 Å². The van der Waals surface area contributed by atoms with Crippen molar-refractivity contribution in [2.24, 2.45) is 11.8 Å². The Morgan fingerprint density at radius 2 is 2.00 bits per heavy atom. The standard InChI is InChI=1S/C13H22N2O4/c1-8(16)10-4-5-15(7-10)13(19)14-11(6-12(17)18)9-2-3-9/h8-11,16H,2-7H2,1H3,(H,14,19)(H,17,18). The normalized spacial score (nSPS) is 26.0. The van der Waals surface area contributed by atoms with Crippen molar-refractivity contribution in [2.75, 3.05) is 13.1 Å². The SMILES string of the molecule is CC(O)C1CCN(C(=O)NC(CC(=O)O)C2CC2)C1. The monoisotopic (exact) mass is 270 g/mol. The number of urea groups is 1. The van der Waals surface area contributed by atoms with Gasteiger partial charge in [0.05, 0.1) is 12.5 Å². The summed E-state index contributed by atoms with van der Waals surface area (Å²) >= 11 is 0. The molecule has 2 fully saturated rings. The minimum atomic E-state index is -0.875. The van der Waals surface area contributed by atoms with E-state index in [1.165, 1.54) is 0 Å². The van der Waals surface area contributed by atoms with Crippen LogP contribution in [-0.2, 0) is 4.79 Å². The van der Waals surface area contributed by atoms with Crippen LogP contribution < -0.4 is 5.32 Å². The number of nitrogens with one attached hydrogen (secondary N) is 1. The number of aliphatic hydroxyl groups excluding tert-OH is 1. The van der Waals surface area contributed by atoms with E-state index in [0.29, 0.717) is 19.0 Å². The molecule has 2 aliphatic rings. The summed E-state index contributed by atoms with van der Waals surface area (Å²) in [6.45, 7) is 2.92. The molecule has 0 aromatic heterocycles. The number of carbonyl (C=O) groups excluding carboxylic acids is 1. The average molecular weight is 270 g/mol. The molecule has 0 bridgehead atoms. The molecule has 6 heteroatoms. The number of rotatable bonds is 5. The second kappa shape index (κ2) is 5.77. The number of hydrogen-bond acceptors (Lipinski definition) is 3. The molecule has 6 nitrogen and oxygen atoms in total. The van der Waals surface area contributed by atoms with Crippen LogP contribution in [0.5, 0.6) is 0 Å². The molecular formula is C13H22N2O4. The maximum atomic E-state index is 12.1. The predicted molar refractivity (Wildman–Crippen MR) is 68.7 cm³/mol. The van der Waals surface area contributed by atoms with Gasteiger partial charge in [0.15, 0.2) is 0 Å². The minimum Gasteiger partial charge on any atom is -0.481 e. The molecule has 3 unspecified atom stereocenters. The smallest absolute Gasteiger partial charge is 0.317 e. The molecule has 2 rings (SSSR count). The molecule has 0 aromatic rings. The molecular weight excluding hydrogens is 248 g/mol. The van der Waals surface area contributed by atoms with E-state index in [1.54, 1.807) is 11.8 Å². The van der Waals surface area contributed by atoms with Gasteiger partial charge in [-0.3, -0.25) is 4.79 Å². The first-order chi connectivity index (χ1) is 8.97. The maximum absolute atomic E-state index is 12.1. The molecule has 0 aromatic carbocycles. The van der Waals surface area contributed by atoms with Gasteiger partial charge in [0.2, 0.25) is 0 Å². The Kier molecular flexibility index (Phi) is 4.29. The highest BCUT2D eigenvalue weighted by Gasteiger charge is 2.36. The number of carboxylic acids is 1. The quantitative estimate of drug-likeness (QED) is 0.684. The molecule has 2 amide bonds. The number of carboxylic acid groups (broad SMARTS) is 1. The van der Waals surface area contributed by atoms with Gasteiger partial charge in [-0.1, -0.05) is 0 Å². The second-order valence-electron chi connectivity index (χ2n) is 5.73. The van der Waals surface area contributed by atoms with E-state index in [9.17, 15) is 14.7 Å². The Hall–Kier alpha value is -1.30. The molecule has 19 heavy (non-hydrogen) atoms. The largest absolute Gasteiger partial charge is 0.481 e. The van der Waals surface area contributed by atoms with Crippen molar-refractivity contribution < 1.29 is 19.8 Å². The Morgan fingerprint density at radius 3 is 2.47 bits per heavy atom. The van der Waals surface area contributed by atoms with Crippen molar-refractivity contribution in [3.8, 4) is 0 Å². The topological polar surface area (TPSA) is 89.9 Å². The molecule has 1 aliphatic carbocycles. The van der Waals surface area contributed by atoms with Crippen molar-refractivity contribution >= 4 is 12.0 Å². The lowest BCUT2D eigenvalue weighted by molar-refractivity contribution is -0.137. The molecule has 3 atom stereocenters. The lowest BCUT2D eigenvalue weighted by atomic mass is 10.0. The van der Waals surface area contributed by atoms with Crippen LogP contribution in [0.15, 0.2) is 0 Å². The maximum Gasteiger partial charge on any atom is 0.317 e. The van der Waals surface area contributed by atoms with Gasteiger partial charge >= 0.3 is 12.0 Å². The lowest BCUT2D eigenvalue weighted by Crippen LogP contribution is -2.45. The fourth-order valence-electron chi connectivity index (χ4n) is 2.64. The first-order valence-electron chi connectivity index (χ1n) is 6.92. The molecule has 1 saturated carbocycles. The Balaban J connectivity index is 1.84. The summed E-state index contributed by atoms with van der Waals surface area (Å²) in [5, 5.41) is 21.2. The summed E-state index contributed by atoms with van der Waals surface area (Å²) in [6.07, 6.45) is 2.38. The van der Waals surface area contributed by atoms with Crippen molar-refractivity contribution in [3.05, 3.63) is 0 Å². The van der Waals surface area contributed by atoms with E-state index >= 15 is 0 Å². The fraction of sp³-hybridized carbons (Fsp3) is 0.846. The van der Waals surface area contributed by atoms with Gasteiger partial charge in [-0.25, -0.2) is 4.79 Å². The lowest BCUT2D eigenvalue weighted by Gasteiger charge is -2.22. The molecule has 1 saturated heterocycles.